The van der Waals surface area contributed by atoms with E-state index >= 15 is 0 Å². The molecular formula is C15H14N2OS. The Kier molecular flexibility index (Phi) is 3.17. The van der Waals surface area contributed by atoms with Crippen molar-refractivity contribution >= 4 is 22.4 Å². The Balaban J connectivity index is 2.22. The number of aryl methyl sites for hydroxylation is 1. The fraction of sp³-hybridized carbons (Fsp3) is 0.200. The van der Waals surface area contributed by atoms with E-state index in [1.54, 1.807) is 11.3 Å². The highest BCUT2D eigenvalue weighted by molar-refractivity contribution is 7.15. The zero-order valence-electron chi connectivity index (χ0n) is 10.9. The summed E-state index contributed by atoms with van der Waals surface area (Å²) in [7, 11) is 0. The lowest BCUT2D eigenvalue weighted by Gasteiger charge is -2.08. The average Bonchev–Trinajstić information content (AvgIpc) is 2.85. The van der Waals surface area contributed by atoms with Crippen LogP contribution in [0, 0.1) is 6.92 Å². The first kappa shape index (κ1) is 12.1. The molecule has 3 aromatic rings. The number of nitrogens with zero attached hydrogens (tertiary/aromatic N) is 2. The van der Waals surface area contributed by atoms with Crippen LogP contribution >= 0.6 is 11.3 Å². The number of rotatable bonds is 3. The molecule has 0 radical (unpaired) electrons. The van der Waals surface area contributed by atoms with Gasteiger partial charge in [-0.3, -0.25) is 0 Å². The van der Waals surface area contributed by atoms with Crippen LogP contribution in [0.1, 0.15) is 11.8 Å². The van der Waals surface area contributed by atoms with Gasteiger partial charge in [-0.25, -0.2) is 9.97 Å². The molecule has 3 rings (SSSR count). The molecule has 0 saturated heterocycles. The highest BCUT2D eigenvalue weighted by Gasteiger charge is 2.13. The minimum Gasteiger partial charge on any atom is -0.476 e. The summed E-state index contributed by atoms with van der Waals surface area (Å²) < 4.78 is 5.64. The molecule has 2 aromatic heterocycles. The van der Waals surface area contributed by atoms with Crippen molar-refractivity contribution in [3.8, 4) is 16.5 Å². The van der Waals surface area contributed by atoms with Gasteiger partial charge in [0.25, 0.3) is 0 Å². The van der Waals surface area contributed by atoms with E-state index in [1.165, 1.54) is 4.88 Å². The lowest BCUT2D eigenvalue weighted by Crippen LogP contribution is -1.99. The number of aromatic nitrogens is 2. The van der Waals surface area contributed by atoms with E-state index < -0.39 is 0 Å². The zero-order chi connectivity index (χ0) is 13.2. The van der Waals surface area contributed by atoms with Gasteiger partial charge in [-0.05, 0) is 38.1 Å². The molecule has 96 valence electrons. The Morgan fingerprint density at radius 3 is 2.42 bits per heavy atom. The van der Waals surface area contributed by atoms with E-state index in [2.05, 4.69) is 24.0 Å². The number of thiophene rings is 1. The molecule has 4 heteroatoms. The average molecular weight is 270 g/mol. The largest absolute Gasteiger partial charge is 0.476 e. The number of benzene rings is 1. The Morgan fingerprint density at radius 2 is 1.79 bits per heavy atom. The maximum Gasteiger partial charge on any atom is 0.242 e. The SMILES string of the molecule is CCOc1nc2ccccc2nc1-c1ccc(C)s1. The van der Waals surface area contributed by atoms with Crippen molar-refractivity contribution < 1.29 is 4.74 Å². The van der Waals surface area contributed by atoms with E-state index in [0.717, 1.165) is 21.6 Å². The van der Waals surface area contributed by atoms with Gasteiger partial charge >= 0.3 is 0 Å². The molecule has 0 fully saturated rings. The van der Waals surface area contributed by atoms with Crippen molar-refractivity contribution in [3.05, 3.63) is 41.3 Å². The van der Waals surface area contributed by atoms with Gasteiger partial charge in [0, 0.05) is 4.88 Å². The third-order valence-corrected chi connectivity index (χ3v) is 3.80. The molecule has 0 saturated carbocycles. The van der Waals surface area contributed by atoms with Crippen LogP contribution in [0.5, 0.6) is 5.88 Å². The standard InChI is InChI=1S/C15H14N2OS/c1-3-18-15-14(13-9-8-10(2)19-13)16-11-6-4-5-7-12(11)17-15/h4-9H,3H2,1-2H3. The summed E-state index contributed by atoms with van der Waals surface area (Å²) in [5, 5.41) is 0. The van der Waals surface area contributed by atoms with Crippen LogP contribution in [-0.2, 0) is 0 Å². The molecule has 0 aliphatic carbocycles. The van der Waals surface area contributed by atoms with E-state index in [-0.39, 0.29) is 0 Å². The first-order valence-corrected chi connectivity index (χ1v) is 7.06. The lowest BCUT2D eigenvalue weighted by molar-refractivity contribution is 0.328. The van der Waals surface area contributed by atoms with Crippen LogP contribution in [0.2, 0.25) is 0 Å². The molecule has 3 nitrogen and oxygen atoms in total. The summed E-state index contributed by atoms with van der Waals surface area (Å²) in [4.78, 5) is 11.6. The minimum absolute atomic E-state index is 0.588. The molecule has 0 spiro atoms. The quantitative estimate of drug-likeness (QED) is 0.719. The smallest absolute Gasteiger partial charge is 0.242 e. The maximum absolute atomic E-state index is 5.64. The number of hydrogen-bond acceptors (Lipinski definition) is 4. The van der Waals surface area contributed by atoms with Crippen LogP contribution < -0.4 is 4.74 Å². The van der Waals surface area contributed by atoms with Gasteiger partial charge in [-0.15, -0.1) is 11.3 Å². The van der Waals surface area contributed by atoms with Gasteiger partial charge < -0.3 is 4.74 Å². The summed E-state index contributed by atoms with van der Waals surface area (Å²) in [6.07, 6.45) is 0. The zero-order valence-corrected chi connectivity index (χ0v) is 11.7. The molecule has 0 bridgehead atoms. The third kappa shape index (κ3) is 2.31. The summed E-state index contributed by atoms with van der Waals surface area (Å²) in [6.45, 7) is 4.63. The molecular weight excluding hydrogens is 256 g/mol. The molecule has 0 unspecified atom stereocenters. The summed E-state index contributed by atoms with van der Waals surface area (Å²) >= 11 is 1.71. The normalized spacial score (nSPS) is 10.8. The number of para-hydroxylation sites is 2. The van der Waals surface area contributed by atoms with Crippen LogP contribution in [0.4, 0.5) is 0 Å². The van der Waals surface area contributed by atoms with Crippen molar-refractivity contribution in [1.82, 2.24) is 9.97 Å². The molecule has 0 N–H and O–H groups in total. The van der Waals surface area contributed by atoms with Crippen LogP contribution in [-0.4, -0.2) is 16.6 Å². The fourth-order valence-electron chi connectivity index (χ4n) is 1.94. The van der Waals surface area contributed by atoms with Crippen molar-refractivity contribution in [2.24, 2.45) is 0 Å². The molecule has 0 aliphatic heterocycles. The molecule has 1 aromatic carbocycles. The van der Waals surface area contributed by atoms with Crippen LogP contribution in [0.3, 0.4) is 0 Å². The van der Waals surface area contributed by atoms with E-state index in [1.807, 2.05) is 31.2 Å². The fourth-order valence-corrected chi connectivity index (χ4v) is 2.79. The van der Waals surface area contributed by atoms with E-state index in [4.69, 9.17) is 9.72 Å². The highest BCUT2D eigenvalue weighted by atomic mass is 32.1. The number of fused-ring (bicyclic) bond motifs is 1. The van der Waals surface area contributed by atoms with E-state index in [0.29, 0.717) is 12.5 Å². The van der Waals surface area contributed by atoms with E-state index in [9.17, 15) is 0 Å². The molecule has 0 aliphatic rings. The highest BCUT2D eigenvalue weighted by Crippen LogP contribution is 2.33. The first-order chi connectivity index (χ1) is 9.28. The summed E-state index contributed by atoms with van der Waals surface area (Å²) in [5.41, 5.74) is 2.59. The Bertz CT molecular complexity index is 721. The van der Waals surface area contributed by atoms with Crippen molar-refractivity contribution in [1.29, 1.82) is 0 Å². The Labute approximate surface area is 115 Å². The van der Waals surface area contributed by atoms with Crippen molar-refractivity contribution in [2.75, 3.05) is 6.61 Å². The molecule has 0 atom stereocenters. The molecule has 19 heavy (non-hydrogen) atoms. The second kappa shape index (κ2) is 4.97. The van der Waals surface area contributed by atoms with Gasteiger partial charge in [0.2, 0.25) is 5.88 Å². The van der Waals surface area contributed by atoms with Gasteiger partial charge in [0.05, 0.1) is 22.5 Å². The number of ether oxygens (including phenoxy) is 1. The van der Waals surface area contributed by atoms with Crippen molar-refractivity contribution in [2.45, 2.75) is 13.8 Å². The minimum atomic E-state index is 0.588. The Morgan fingerprint density at radius 1 is 1.05 bits per heavy atom. The van der Waals surface area contributed by atoms with Crippen LogP contribution in [0.15, 0.2) is 36.4 Å². The molecule has 2 heterocycles. The topological polar surface area (TPSA) is 35.0 Å². The van der Waals surface area contributed by atoms with Gasteiger partial charge in [-0.1, -0.05) is 12.1 Å². The Hall–Kier alpha value is -1.94. The van der Waals surface area contributed by atoms with Crippen molar-refractivity contribution in [3.63, 3.8) is 0 Å². The lowest BCUT2D eigenvalue weighted by atomic mass is 10.2. The second-order valence-corrected chi connectivity index (χ2v) is 5.50. The summed E-state index contributed by atoms with van der Waals surface area (Å²) in [6, 6.07) is 12.0. The predicted octanol–water partition coefficient (Wildman–Crippen LogP) is 4.07. The van der Waals surface area contributed by atoms with Crippen LogP contribution in [0.25, 0.3) is 21.6 Å². The monoisotopic (exact) mass is 270 g/mol. The van der Waals surface area contributed by atoms with Gasteiger partial charge in [-0.2, -0.15) is 0 Å². The van der Waals surface area contributed by atoms with Gasteiger partial charge in [0.15, 0.2) is 0 Å². The van der Waals surface area contributed by atoms with Gasteiger partial charge in [0.1, 0.15) is 5.69 Å². The first-order valence-electron chi connectivity index (χ1n) is 6.24. The second-order valence-electron chi connectivity index (χ2n) is 4.21. The predicted molar refractivity (Wildman–Crippen MR) is 78.8 cm³/mol. The maximum atomic E-state index is 5.64. The number of hydrogen-bond donors (Lipinski definition) is 0. The third-order valence-electron chi connectivity index (χ3n) is 2.79. The summed E-state index contributed by atoms with van der Waals surface area (Å²) in [5.74, 6) is 0.614. The molecule has 0 amide bonds.